The standard InChI is InChI=1S/C11H11ClN4OS/c12-6-3-8(14-4-6)10(17)16-11-15-7-1-2-13-5-9(7)18-11/h3-4,13-14H,1-2,5H2,(H,15,16,17). The highest BCUT2D eigenvalue weighted by Gasteiger charge is 2.17. The van der Waals surface area contributed by atoms with Gasteiger partial charge in [-0.05, 0) is 6.07 Å². The summed E-state index contributed by atoms with van der Waals surface area (Å²) < 4.78 is 0. The minimum Gasteiger partial charge on any atom is -0.356 e. The third-order valence-electron chi connectivity index (χ3n) is 2.72. The Morgan fingerprint density at radius 2 is 2.44 bits per heavy atom. The molecule has 0 aromatic carbocycles. The summed E-state index contributed by atoms with van der Waals surface area (Å²) in [6, 6.07) is 1.59. The lowest BCUT2D eigenvalue weighted by atomic mass is 10.2. The molecule has 0 saturated carbocycles. The van der Waals surface area contributed by atoms with E-state index in [1.165, 1.54) is 16.2 Å². The lowest BCUT2D eigenvalue weighted by Gasteiger charge is -2.09. The number of amides is 1. The van der Waals surface area contributed by atoms with Gasteiger partial charge >= 0.3 is 0 Å². The van der Waals surface area contributed by atoms with Crippen molar-refractivity contribution >= 4 is 34.0 Å². The summed E-state index contributed by atoms with van der Waals surface area (Å²) in [7, 11) is 0. The van der Waals surface area contributed by atoms with Crippen molar-refractivity contribution in [3.63, 3.8) is 0 Å². The van der Waals surface area contributed by atoms with Crippen molar-refractivity contribution < 1.29 is 4.79 Å². The average molecular weight is 283 g/mol. The third kappa shape index (κ3) is 2.27. The Balaban J connectivity index is 1.76. The summed E-state index contributed by atoms with van der Waals surface area (Å²) in [5, 5.41) is 7.21. The number of anilines is 1. The number of rotatable bonds is 2. The summed E-state index contributed by atoms with van der Waals surface area (Å²) in [5.41, 5.74) is 1.52. The first-order valence-corrected chi connectivity index (χ1v) is 6.76. The number of thiazole rings is 1. The second kappa shape index (κ2) is 4.72. The summed E-state index contributed by atoms with van der Waals surface area (Å²) in [4.78, 5) is 20.3. The second-order valence-electron chi connectivity index (χ2n) is 4.00. The van der Waals surface area contributed by atoms with Crippen molar-refractivity contribution in [3.05, 3.63) is 33.6 Å². The summed E-state index contributed by atoms with van der Waals surface area (Å²) in [5.74, 6) is -0.221. The van der Waals surface area contributed by atoms with Crippen LogP contribution in [0.5, 0.6) is 0 Å². The van der Waals surface area contributed by atoms with Gasteiger partial charge in [0.25, 0.3) is 5.91 Å². The van der Waals surface area contributed by atoms with Crippen LogP contribution < -0.4 is 10.6 Å². The normalized spacial score (nSPS) is 14.3. The molecule has 0 atom stereocenters. The van der Waals surface area contributed by atoms with E-state index < -0.39 is 0 Å². The number of hydrogen-bond acceptors (Lipinski definition) is 4. The van der Waals surface area contributed by atoms with Crippen molar-refractivity contribution in [3.8, 4) is 0 Å². The monoisotopic (exact) mass is 282 g/mol. The number of nitrogens with one attached hydrogen (secondary N) is 3. The molecule has 0 radical (unpaired) electrons. The quantitative estimate of drug-likeness (QED) is 0.789. The first kappa shape index (κ1) is 11.7. The van der Waals surface area contributed by atoms with Crippen LogP contribution in [0.15, 0.2) is 12.3 Å². The molecule has 0 saturated heterocycles. The zero-order valence-electron chi connectivity index (χ0n) is 9.42. The molecule has 0 unspecified atom stereocenters. The molecule has 2 aromatic heterocycles. The highest BCUT2D eigenvalue weighted by Crippen LogP contribution is 2.25. The molecular weight excluding hydrogens is 272 g/mol. The molecule has 3 N–H and O–H groups in total. The summed E-state index contributed by atoms with van der Waals surface area (Å²) >= 11 is 7.27. The SMILES string of the molecule is O=C(Nc1nc2c(s1)CNCC2)c1cc(Cl)c[nH]1. The number of aromatic amines is 1. The molecule has 7 heteroatoms. The highest BCUT2D eigenvalue weighted by atomic mass is 35.5. The molecule has 0 fully saturated rings. The Morgan fingerprint density at radius 3 is 3.17 bits per heavy atom. The first-order valence-electron chi connectivity index (χ1n) is 5.57. The van der Waals surface area contributed by atoms with Crippen LogP contribution in [0.25, 0.3) is 0 Å². The minimum atomic E-state index is -0.221. The van der Waals surface area contributed by atoms with Crippen molar-refractivity contribution in [1.82, 2.24) is 15.3 Å². The molecular formula is C11H11ClN4OS. The number of carbonyl (C=O) groups excluding carboxylic acids is 1. The van der Waals surface area contributed by atoms with Gasteiger partial charge in [0, 0.05) is 30.6 Å². The number of H-pyrrole nitrogens is 1. The van der Waals surface area contributed by atoms with Crippen molar-refractivity contribution in [2.24, 2.45) is 0 Å². The van der Waals surface area contributed by atoms with Crippen LogP contribution in [0.4, 0.5) is 5.13 Å². The van der Waals surface area contributed by atoms with Crippen LogP contribution in [0, 0.1) is 0 Å². The van der Waals surface area contributed by atoms with Gasteiger partial charge in [-0.2, -0.15) is 0 Å². The Labute approximate surface area is 113 Å². The molecule has 1 aliphatic heterocycles. The lowest BCUT2D eigenvalue weighted by Crippen LogP contribution is -2.22. The van der Waals surface area contributed by atoms with Gasteiger partial charge in [-0.3, -0.25) is 10.1 Å². The van der Waals surface area contributed by atoms with E-state index in [1.807, 2.05) is 0 Å². The Morgan fingerprint density at radius 1 is 1.56 bits per heavy atom. The smallest absolute Gasteiger partial charge is 0.273 e. The van der Waals surface area contributed by atoms with E-state index in [4.69, 9.17) is 11.6 Å². The van der Waals surface area contributed by atoms with Crippen molar-refractivity contribution in [2.45, 2.75) is 13.0 Å². The fourth-order valence-electron chi connectivity index (χ4n) is 1.84. The van der Waals surface area contributed by atoms with Crippen molar-refractivity contribution in [2.75, 3.05) is 11.9 Å². The predicted molar refractivity (Wildman–Crippen MR) is 71.3 cm³/mol. The van der Waals surface area contributed by atoms with E-state index in [9.17, 15) is 4.79 Å². The number of nitrogens with zero attached hydrogens (tertiary/aromatic N) is 1. The second-order valence-corrected chi connectivity index (χ2v) is 5.52. The van der Waals surface area contributed by atoms with Gasteiger partial charge < -0.3 is 10.3 Å². The van der Waals surface area contributed by atoms with E-state index in [1.54, 1.807) is 12.3 Å². The molecule has 0 aliphatic carbocycles. The summed E-state index contributed by atoms with van der Waals surface area (Å²) in [6.07, 6.45) is 2.49. The maximum Gasteiger partial charge on any atom is 0.273 e. The van der Waals surface area contributed by atoms with Crippen molar-refractivity contribution in [1.29, 1.82) is 0 Å². The van der Waals surface area contributed by atoms with E-state index in [0.29, 0.717) is 15.8 Å². The van der Waals surface area contributed by atoms with Gasteiger partial charge in [0.2, 0.25) is 0 Å². The number of hydrogen-bond donors (Lipinski definition) is 3. The minimum absolute atomic E-state index is 0.221. The van der Waals surface area contributed by atoms with Crippen LogP contribution in [0.2, 0.25) is 5.02 Å². The Hall–Kier alpha value is -1.37. The molecule has 94 valence electrons. The number of halogens is 1. The number of aromatic nitrogens is 2. The van der Waals surface area contributed by atoms with Gasteiger partial charge in [0.05, 0.1) is 10.7 Å². The predicted octanol–water partition coefficient (Wildman–Crippen LogP) is 2.02. The Kier molecular flexibility index (Phi) is 3.07. The molecule has 2 aromatic rings. The summed E-state index contributed by atoms with van der Waals surface area (Å²) in [6.45, 7) is 1.77. The van der Waals surface area contributed by atoms with E-state index in [2.05, 4.69) is 20.6 Å². The van der Waals surface area contributed by atoms with E-state index in [0.717, 1.165) is 25.2 Å². The molecule has 5 nitrogen and oxygen atoms in total. The van der Waals surface area contributed by atoms with Gasteiger partial charge in [-0.25, -0.2) is 4.98 Å². The van der Waals surface area contributed by atoms with Crippen LogP contribution in [0.3, 0.4) is 0 Å². The molecule has 18 heavy (non-hydrogen) atoms. The average Bonchev–Trinajstić information content (AvgIpc) is 2.94. The van der Waals surface area contributed by atoms with Gasteiger partial charge in [0.1, 0.15) is 5.69 Å². The zero-order chi connectivity index (χ0) is 12.5. The fraction of sp³-hybridized carbons (Fsp3) is 0.273. The molecule has 0 spiro atoms. The van der Waals surface area contributed by atoms with Gasteiger partial charge in [-0.15, -0.1) is 11.3 Å². The van der Waals surface area contributed by atoms with E-state index >= 15 is 0 Å². The molecule has 3 heterocycles. The van der Waals surface area contributed by atoms with Crippen LogP contribution in [-0.4, -0.2) is 22.4 Å². The lowest BCUT2D eigenvalue weighted by molar-refractivity contribution is 0.102. The van der Waals surface area contributed by atoms with Crippen LogP contribution >= 0.6 is 22.9 Å². The number of fused-ring (bicyclic) bond motifs is 1. The van der Waals surface area contributed by atoms with Crippen LogP contribution in [0.1, 0.15) is 21.1 Å². The largest absolute Gasteiger partial charge is 0.356 e. The number of carbonyl (C=O) groups is 1. The topological polar surface area (TPSA) is 69.8 Å². The van der Waals surface area contributed by atoms with Crippen LogP contribution in [-0.2, 0) is 13.0 Å². The highest BCUT2D eigenvalue weighted by molar-refractivity contribution is 7.15. The van der Waals surface area contributed by atoms with E-state index in [-0.39, 0.29) is 5.91 Å². The maximum atomic E-state index is 11.9. The molecule has 1 amide bonds. The van der Waals surface area contributed by atoms with Gasteiger partial charge in [0.15, 0.2) is 5.13 Å². The zero-order valence-corrected chi connectivity index (χ0v) is 11.0. The molecule has 3 rings (SSSR count). The fourth-order valence-corrected chi connectivity index (χ4v) is 2.98. The Bertz CT molecular complexity index is 568. The maximum absolute atomic E-state index is 11.9. The first-order chi connectivity index (χ1) is 8.72. The van der Waals surface area contributed by atoms with Gasteiger partial charge in [-0.1, -0.05) is 11.6 Å². The molecule has 1 aliphatic rings. The molecule has 0 bridgehead atoms. The third-order valence-corrected chi connectivity index (χ3v) is 3.95.